The molecule has 2 aliphatic heterocycles. The molecule has 0 radical (unpaired) electrons. The predicted molar refractivity (Wildman–Crippen MR) is 143 cm³/mol. The lowest BCUT2D eigenvalue weighted by atomic mass is 9.95. The molecule has 0 saturated carbocycles. The van der Waals surface area contributed by atoms with Crippen LogP contribution >= 0.6 is 0 Å². The SMILES string of the molecule is Cc1cn2nc([C@@H]3CCCCN3C(=O)c3ccccc3-c3ccccc3)cc2nc1N1CC[C@H](C)C1. The fraction of sp³-hybridized carbons (Fsp3) is 0.367. The maximum Gasteiger partial charge on any atom is 0.255 e. The Bertz CT molecular complexity index is 1400. The van der Waals surface area contributed by atoms with Crippen molar-refractivity contribution in [3.05, 3.63) is 83.7 Å². The van der Waals surface area contributed by atoms with Crippen molar-refractivity contribution in [1.29, 1.82) is 0 Å². The summed E-state index contributed by atoms with van der Waals surface area (Å²) in [4.78, 5) is 23.4. The van der Waals surface area contributed by atoms with Gasteiger partial charge in [-0.05, 0) is 55.7 Å². The molecule has 184 valence electrons. The summed E-state index contributed by atoms with van der Waals surface area (Å²) in [5.74, 6) is 1.84. The summed E-state index contributed by atoms with van der Waals surface area (Å²) in [5, 5.41) is 4.93. The van der Waals surface area contributed by atoms with E-state index in [0.29, 0.717) is 5.92 Å². The van der Waals surface area contributed by atoms with E-state index in [1.54, 1.807) is 0 Å². The zero-order chi connectivity index (χ0) is 24.6. The van der Waals surface area contributed by atoms with Gasteiger partial charge in [-0.25, -0.2) is 9.50 Å². The van der Waals surface area contributed by atoms with Gasteiger partial charge in [-0.2, -0.15) is 5.10 Å². The van der Waals surface area contributed by atoms with Crippen LogP contribution in [0.5, 0.6) is 0 Å². The van der Waals surface area contributed by atoms with E-state index >= 15 is 0 Å². The van der Waals surface area contributed by atoms with Gasteiger partial charge >= 0.3 is 0 Å². The fourth-order valence-corrected chi connectivity index (χ4v) is 5.81. The van der Waals surface area contributed by atoms with Crippen molar-refractivity contribution in [3.8, 4) is 11.1 Å². The van der Waals surface area contributed by atoms with Crippen LogP contribution in [-0.2, 0) is 0 Å². The van der Waals surface area contributed by atoms with Crippen molar-refractivity contribution in [2.45, 2.75) is 45.6 Å². The Morgan fingerprint density at radius 3 is 2.58 bits per heavy atom. The summed E-state index contributed by atoms with van der Waals surface area (Å²) >= 11 is 0. The number of hydrogen-bond acceptors (Lipinski definition) is 4. The zero-order valence-corrected chi connectivity index (χ0v) is 21.1. The van der Waals surface area contributed by atoms with Crippen LogP contribution in [0.2, 0.25) is 0 Å². The normalized spacial score (nSPS) is 20.3. The fourth-order valence-electron chi connectivity index (χ4n) is 5.81. The molecule has 4 heterocycles. The van der Waals surface area contributed by atoms with Gasteiger partial charge in [-0.3, -0.25) is 4.79 Å². The minimum absolute atomic E-state index is 0.0488. The van der Waals surface area contributed by atoms with Crippen LogP contribution in [0, 0.1) is 12.8 Å². The van der Waals surface area contributed by atoms with Crippen LogP contribution in [0.1, 0.15) is 60.3 Å². The highest BCUT2D eigenvalue weighted by Gasteiger charge is 2.32. The largest absolute Gasteiger partial charge is 0.356 e. The summed E-state index contributed by atoms with van der Waals surface area (Å²) in [5.41, 5.74) is 5.71. The minimum atomic E-state index is -0.0488. The van der Waals surface area contributed by atoms with Crippen LogP contribution in [-0.4, -0.2) is 45.0 Å². The van der Waals surface area contributed by atoms with Crippen molar-refractivity contribution in [2.24, 2.45) is 5.92 Å². The van der Waals surface area contributed by atoms with Crippen molar-refractivity contribution >= 4 is 17.4 Å². The van der Waals surface area contributed by atoms with E-state index in [4.69, 9.17) is 10.1 Å². The Morgan fingerprint density at radius 1 is 0.972 bits per heavy atom. The number of carbonyl (C=O) groups excluding carboxylic acids is 1. The topological polar surface area (TPSA) is 53.7 Å². The van der Waals surface area contributed by atoms with E-state index in [-0.39, 0.29) is 11.9 Å². The third-order valence-electron chi connectivity index (χ3n) is 7.69. The summed E-state index contributed by atoms with van der Waals surface area (Å²) in [6.07, 6.45) is 6.31. The summed E-state index contributed by atoms with van der Waals surface area (Å²) < 4.78 is 1.89. The van der Waals surface area contributed by atoms with E-state index in [9.17, 15) is 4.79 Å². The average Bonchev–Trinajstić information content (AvgIpc) is 3.54. The zero-order valence-electron chi connectivity index (χ0n) is 21.1. The lowest BCUT2D eigenvalue weighted by molar-refractivity contribution is 0.0606. The lowest BCUT2D eigenvalue weighted by Gasteiger charge is -2.35. The highest BCUT2D eigenvalue weighted by molar-refractivity contribution is 6.01. The molecule has 2 saturated heterocycles. The van der Waals surface area contributed by atoms with Crippen molar-refractivity contribution in [1.82, 2.24) is 19.5 Å². The second kappa shape index (κ2) is 9.41. The molecule has 2 fully saturated rings. The molecule has 2 aromatic carbocycles. The number of fused-ring (bicyclic) bond motifs is 1. The van der Waals surface area contributed by atoms with E-state index in [1.165, 1.54) is 6.42 Å². The van der Waals surface area contributed by atoms with E-state index in [1.807, 2.05) is 51.9 Å². The Balaban J connectivity index is 1.34. The van der Waals surface area contributed by atoms with E-state index in [0.717, 1.165) is 78.3 Å². The van der Waals surface area contributed by atoms with Crippen LogP contribution < -0.4 is 4.90 Å². The van der Waals surface area contributed by atoms with Gasteiger partial charge in [-0.15, -0.1) is 0 Å². The van der Waals surface area contributed by atoms with Crippen molar-refractivity contribution in [2.75, 3.05) is 24.5 Å². The molecular formula is C30H33N5O. The first-order valence-corrected chi connectivity index (χ1v) is 13.2. The first kappa shape index (κ1) is 22.8. The van der Waals surface area contributed by atoms with Gasteiger partial charge in [0.15, 0.2) is 5.65 Å². The summed E-state index contributed by atoms with van der Waals surface area (Å²) in [6, 6.07) is 20.2. The van der Waals surface area contributed by atoms with E-state index in [2.05, 4.69) is 43.1 Å². The standard InChI is InChI=1S/C30H33N5O/c1-21-15-17-33(19-21)29-22(2)20-35-28(31-29)18-26(32-35)27-14-8-9-16-34(27)30(36)25-13-7-6-12-24(25)23-10-4-3-5-11-23/h3-7,10-13,18,20-21,27H,8-9,14-17,19H2,1-2H3/t21-,27-/m0/s1. The number of piperidine rings is 1. The maximum atomic E-state index is 14.0. The third kappa shape index (κ3) is 4.15. The second-order valence-electron chi connectivity index (χ2n) is 10.4. The van der Waals surface area contributed by atoms with Gasteiger partial charge in [0, 0.05) is 43.0 Å². The van der Waals surface area contributed by atoms with Crippen molar-refractivity contribution in [3.63, 3.8) is 0 Å². The molecule has 2 atom stereocenters. The summed E-state index contributed by atoms with van der Waals surface area (Å²) in [6.45, 7) is 7.26. The Labute approximate surface area is 212 Å². The highest BCUT2D eigenvalue weighted by atomic mass is 16.2. The van der Waals surface area contributed by atoms with Gasteiger partial charge in [0.2, 0.25) is 0 Å². The molecule has 2 aromatic heterocycles. The molecule has 4 aromatic rings. The molecule has 0 spiro atoms. The second-order valence-corrected chi connectivity index (χ2v) is 10.4. The minimum Gasteiger partial charge on any atom is -0.356 e. The van der Waals surface area contributed by atoms with Crippen LogP contribution in [0.4, 0.5) is 5.82 Å². The molecule has 6 heteroatoms. The number of amides is 1. The molecule has 6 nitrogen and oxygen atoms in total. The van der Waals surface area contributed by atoms with Crippen LogP contribution in [0.15, 0.2) is 66.9 Å². The monoisotopic (exact) mass is 479 g/mol. The first-order chi connectivity index (χ1) is 17.6. The molecule has 0 aliphatic carbocycles. The Kier molecular flexibility index (Phi) is 5.96. The molecule has 2 aliphatic rings. The maximum absolute atomic E-state index is 14.0. The number of benzene rings is 2. The molecule has 0 bridgehead atoms. The molecular weight excluding hydrogens is 446 g/mol. The number of aryl methyl sites for hydroxylation is 1. The Morgan fingerprint density at radius 2 is 1.78 bits per heavy atom. The molecule has 36 heavy (non-hydrogen) atoms. The van der Waals surface area contributed by atoms with Crippen molar-refractivity contribution < 1.29 is 4.79 Å². The predicted octanol–water partition coefficient (Wildman–Crippen LogP) is 5.92. The van der Waals surface area contributed by atoms with Crippen LogP contribution in [0.3, 0.4) is 0 Å². The highest BCUT2D eigenvalue weighted by Crippen LogP contribution is 2.34. The molecule has 6 rings (SSSR count). The smallest absolute Gasteiger partial charge is 0.255 e. The third-order valence-corrected chi connectivity index (χ3v) is 7.69. The van der Waals surface area contributed by atoms with E-state index < -0.39 is 0 Å². The number of carbonyl (C=O) groups is 1. The molecule has 0 N–H and O–H groups in total. The van der Waals surface area contributed by atoms with Gasteiger partial charge in [0.1, 0.15) is 5.82 Å². The number of aromatic nitrogens is 3. The average molecular weight is 480 g/mol. The quantitative estimate of drug-likeness (QED) is 0.365. The molecule has 0 unspecified atom stereocenters. The number of anilines is 1. The van der Waals surface area contributed by atoms with Crippen LogP contribution in [0.25, 0.3) is 16.8 Å². The van der Waals surface area contributed by atoms with Gasteiger partial charge in [0.25, 0.3) is 5.91 Å². The Hall–Kier alpha value is -3.67. The van der Waals surface area contributed by atoms with Gasteiger partial charge in [0.05, 0.1) is 11.7 Å². The number of rotatable bonds is 4. The number of nitrogens with zero attached hydrogens (tertiary/aromatic N) is 5. The lowest BCUT2D eigenvalue weighted by Crippen LogP contribution is -2.39. The molecule has 1 amide bonds. The number of likely N-dealkylation sites (tertiary alicyclic amines) is 1. The first-order valence-electron chi connectivity index (χ1n) is 13.2. The van der Waals surface area contributed by atoms with Gasteiger partial charge < -0.3 is 9.80 Å². The number of hydrogen-bond donors (Lipinski definition) is 0. The van der Waals surface area contributed by atoms with Gasteiger partial charge in [-0.1, -0.05) is 55.5 Å². The summed E-state index contributed by atoms with van der Waals surface area (Å²) in [7, 11) is 0.